The Morgan fingerprint density at radius 1 is 1.12 bits per heavy atom. The normalized spacial score (nSPS) is 11.4. The fourth-order valence-electron chi connectivity index (χ4n) is 1.93. The fourth-order valence-corrected chi connectivity index (χ4v) is 2.12. The molecule has 0 aliphatic rings. The zero-order chi connectivity index (χ0) is 18.2. The maximum atomic E-state index is 5.38. The van der Waals surface area contributed by atoms with Gasteiger partial charge in [-0.15, -0.1) is 24.0 Å². The lowest BCUT2D eigenvalue weighted by Gasteiger charge is -2.21. The van der Waals surface area contributed by atoms with Crippen molar-refractivity contribution in [2.24, 2.45) is 4.99 Å². The van der Waals surface area contributed by atoms with Gasteiger partial charge < -0.3 is 24.8 Å². The predicted molar refractivity (Wildman–Crippen MR) is 119 cm³/mol. The van der Waals surface area contributed by atoms with Crippen LogP contribution in [-0.2, 0) is 0 Å². The molecule has 0 fully saturated rings. The average Bonchev–Trinajstić information content (AvgIpc) is 2.58. The number of nitrogens with zero attached hydrogens (tertiary/aromatic N) is 1. The molecular formula is C17H30IN3O3S. The molecule has 0 aliphatic heterocycles. The van der Waals surface area contributed by atoms with Crippen LogP contribution in [0.5, 0.6) is 17.2 Å². The van der Waals surface area contributed by atoms with Crippen molar-refractivity contribution in [1.82, 2.24) is 5.32 Å². The van der Waals surface area contributed by atoms with E-state index in [0.717, 1.165) is 12.2 Å². The molecule has 0 heterocycles. The monoisotopic (exact) mass is 483 g/mol. The molecule has 0 amide bonds. The van der Waals surface area contributed by atoms with Gasteiger partial charge in [-0.2, -0.15) is 11.8 Å². The number of guanidine groups is 1. The lowest BCUT2D eigenvalue weighted by molar-refractivity contribution is 0.324. The van der Waals surface area contributed by atoms with Crippen LogP contribution < -0.4 is 24.8 Å². The number of thioether (sulfide) groups is 1. The van der Waals surface area contributed by atoms with Gasteiger partial charge in [0.1, 0.15) is 0 Å². The number of rotatable bonds is 8. The molecule has 6 nitrogen and oxygen atoms in total. The third-order valence-corrected chi connectivity index (χ3v) is 4.68. The van der Waals surface area contributed by atoms with Gasteiger partial charge in [-0.1, -0.05) is 0 Å². The lowest BCUT2D eigenvalue weighted by atomic mass is 10.2. The SMILES string of the molecule is CCNC(=NCC(C)(C)SC)Nc1cc(OC)c(OC)c(OC)c1.I. The second kappa shape index (κ2) is 11.6. The molecule has 0 bridgehead atoms. The third kappa shape index (κ3) is 7.39. The Morgan fingerprint density at radius 2 is 1.68 bits per heavy atom. The number of benzene rings is 1. The molecule has 0 unspecified atom stereocenters. The van der Waals surface area contributed by atoms with Gasteiger partial charge in [0.05, 0.1) is 27.9 Å². The largest absolute Gasteiger partial charge is 0.493 e. The summed E-state index contributed by atoms with van der Waals surface area (Å²) in [5, 5.41) is 6.54. The van der Waals surface area contributed by atoms with Crippen LogP contribution in [0.4, 0.5) is 5.69 Å². The first kappa shape index (κ1) is 24.0. The van der Waals surface area contributed by atoms with Gasteiger partial charge in [-0.05, 0) is 27.0 Å². The molecule has 1 rings (SSSR count). The summed E-state index contributed by atoms with van der Waals surface area (Å²) in [5.74, 6) is 2.48. The van der Waals surface area contributed by atoms with Gasteiger partial charge in [-0.25, -0.2) is 0 Å². The Kier molecular flexibility index (Phi) is 11.1. The van der Waals surface area contributed by atoms with E-state index in [2.05, 4.69) is 35.7 Å². The van der Waals surface area contributed by atoms with Crippen molar-refractivity contribution in [2.75, 3.05) is 46.0 Å². The molecule has 0 atom stereocenters. The van der Waals surface area contributed by atoms with Crippen molar-refractivity contribution >= 4 is 47.4 Å². The molecule has 0 aliphatic carbocycles. The average molecular weight is 483 g/mol. The minimum absolute atomic E-state index is 0. The van der Waals surface area contributed by atoms with Crippen LogP contribution in [0, 0.1) is 0 Å². The van der Waals surface area contributed by atoms with Gasteiger partial charge in [0.2, 0.25) is 5.75 Å². The van der Waals surface area contributed by atoms with Crippen LogP contribution in [0.15, 0.2) is 17.1 Å². The second-order valence-electron chi connectivity index (χ2n) is 5.70. The maximum Gasteiger partial charge on any atom is 0.203 e. The summed E-state index contributed by atoms with van der Waals surface area (Å²) in [6, 6.07) is 3.71. The highest BCUT2D eigenvalue weighted by atomic mass is 127. The smallest absolute Gasteiger partial charge is 0.203 e. The zero-order valence-corrected chi connectivity index (χ0v) is 19.2. The van der Waals surface area contributed by atoms with E-state index >= 15 is 0 Å². The maximum absolute atomic E-state index is 5.38. The summed E-state index contributed by atoms with van der Waals surface area (Å²) in [7, 11) is 4.78. The summed E-state index contributed by atoms with van der Waals surface area (Å²) in [6.07, 6.45) is 2.09. The summed E-state index contributed by atoms with van der Waals surface area (Å²) in [6.45, 7) is 7.85. The number of aliphatic imine (C=N–C) groups is 1. The van der Waals surface area contributed by atoms with E-state index < -0.39 is 0 Å². The molecule has 2 N–H and O–H groups in total. The Morgan fingerprint density at radius 3 is 2.08 bits per heavy atom. The predicted octanol–water partition coefficient (Wildman–Crippen LogP) is 3.85. The number of halogens is 1. The van der Waals surface area contributed by atoms with Crippen molar-refractivity contribution < 1.29 is 14.2 Å². The first-order chi connectivity index (χ1) is 11.4. The highest BCUT2D eigenvalue weighted by Gasteiger charge is 2.17. The Labute approximate surface area is 172 Å². The lowest BCUT2D eigenvalue weighted by Crippen LogP contribution is -2.32. The summed E-state index contributed by atoms with van der Waals surface area (Å²) < 4.78 is 16.2. The van der Waals surface area contributed by atoms with E-state index in [0.29, 0.717) is 29.8 Å². The molecule has 144 valence electrons. The Bertz CT molecular complexity index is 543. The van der Waals surface area contributed by atoms with Crippen molar-refractivity contribution in [3.05, 3.63) is 12.1 Å². The van der Waals surface area contributed by atoms with E-state index in [1.165, 1.54) is 0 Å². The van der Waals surface area contributed by atoms with Gasteiger partial charge in [0.15, 0.2) is 17.5 Å². The van der Waals surface area contributed by atoms with Gasteiger partial charge in [-0.3, -0.25) is 4.99 Å². The van der Waals surface area contributed by atoms with E-state index in [1.54, 1.807) is 33.1 Å². The number of ether oxygens (including phenoxy) is 3. The van der Waals surface area contributed by atoms with Crippen molar-refractivity contribution in [3.8, 4) is 17.2 Å². The summed E-state index contributed by atoms with van der Waals surface area (Å²) in [5.41, 5.74) is 0.811. The number of nitrogens with one attached hydrogen (secondary N) is 2. The molecule has 0 saturated carbocycles. The molecule has 25 heavy (non-hydrogen) atoms. The number of anilines is 1. The number of methoxy groups -OCH3 is 3. The molecule has 1 aromatic rings. The molecule has 0 saturated heterocycles. The van der Waals surface area contributed by atoms with Crippen LogP contribution >= 0.6 is 35.7 Å². The Balaban J connectivity index is 0.00000576. The molecule has 0 radical (unpaired) electrons. The van der Waals surface area contributed by atoms with E-state index in [4.69, 9.17) is 14.2 Å². The molecule has 0 spiro atoms. The topological polar surface area (TPSA) is 64.1 Å². The summed E-state index contributed by atoms with van der Waals surface area (Å²) >= 11 is 1.79. The minimum Gasteiger partial charge on any atom is -0.493 e. The summed E-state index contributed by atoms with van der Waals surface area (Å²) in [4.78, 5) is 4.67. The highest BCUT2D eigenvalue weighted by Crippen LogP contribution is 2.39. The Hall–Kier alpha value is -1.03. The van der Waals surface area contributed by atoms with E-state index in [9.17, 15) is 0 Å². The van der Waals surface area contributed by atoms with Crippen molar-refractivity contribution in [3.63, 3.8) is 0 Å². The third-order valence-electron chi connectivity index (χ3n) is 3.44. The molecule has 0 aromatic heterocycles. The van der Waals surface area contributed by atoms with Crippen LogP contribution in [0.25, 0.3) is 0 Å². The quantitative estimate of drug-likeness (QED) is 0.333. The van der Waals surface area contributed by atoms with Crippen molar-refractivity contribution in [2.45, 2.75) is 25.5 Å². The fraction of sp³-hybridized carbons (Fsp3) is 0.588. The standard InChI is InChI=1S/C17H29N3O3S.HI/c1-8-18-16(19-11-17(2,3)24-7)20-12-9-13(21-4)15(23-6)14(10-12)22-5;/h9-10H,8,11H2,1-7H3,(H2,18,19,20);1H. The molecule has 1 aromatic carbocycles. The van der Waals surface area contributed by atoms with Gasteiger partial charge >= 0.3 is 0 Å². The molecular weight excluding hydrogens is 453 g/mol. The van der Waals surface area contributed by atoms with Gasteiger partial charge in [0.25, 0.3) is 0 Å². The first-order valence-electron chi connectivity index (χ1n) is 7.81. The van der Waals surface area contributed by atoms with E-state index in [-0.39, 0.29) is 28.7 Å². The van der Waals surface area contributed by atoms with Crippen LogP contribution in [-0.4, -0.2) is 51.4 Å². The number of hydrogen-bond acceptors (Lipinski definition) is 5. The van der Waals surface area contributed by atoms with Crippen LogP contribution in [0.2, 0.25) is 0 Å². The minimum atomic E-state index is 0. The zero-order valence-electron chi connectivity index (χ0n) is 16.1. The number of hydrogen-bond donors (Lipinski definition) is 2. The molecule has 8 heteroatoms. The van der Waals surface area contributed by atoms with Gasteiger partial charge in [0, 0.05) is 29.1 Å². The van der Waals surface area contributed by atoms with E-state index in [1.807, 2.05) is 19.1 Å². The van der Waals surface area contributed by atoms with Crippen LogP contribution in [0.3, 0.4) is 0 Å². The van der Waals surface area contributed by atoms with Crippen LogP contribution in [0.1, 0.15) is 20.8 Å². The highest BCUT2D eigenvalue weighted by molar-refractivity contribution is 14.0. The first-order valence-corrected chi connectivity index (χ1v) is 9.03. The second-order valence-corrected chi connectivity index (χ2v) is 7.21. The van der Waals surface area contributed by atoms with Crippen molar-refractivity contribution in [1.29, 1.82) is 0 Å².